The van der Waals surface area contributed by atoms with Crippen LogP contribution in [0.5, 0.6) is 0 Å². The number of rotatable bonds is 3. The zero-order chi connectivity index (χ0) is 5.70. The lowest BCUT2D eigenvalue weighted by Crippen LogP contribution is -2.34. The van der Waals surface area contributed by atoms with Crippen molar-refractivity contribution < 1.29 is 5.11 Å². The van der Waals surface area contributed by atoms with Gasteiger partial charge in [-0.3, -0.25) is 5.32 Å². The van der Waals surface area contributed by atoms with Crippen molar-refractivity contribution in [2.75, 3.05) is 20.6 Å². The largest absolute Gasteiger partial charge is 0.377 e. The van der Waals surface area contributed by atoms with Gasteiger partial charge in [0, 0.05) is 6.54 Å². The average Bonchev–Trinajstić information content (AvgIpc) is 1.68. The molecule has 44 valence electrons. The summed E-state index contributed by atoms with van der Waals surface area (Å²) in [7, 11) is 3.50. The monoisotopic (exact) mass is 104 g/mol. The Morgan fingerprint density at radius 1 is 1.57 bits per heavy atom. The van der Waals surface area contributed by atoms with Crippen molar-refractivity contribution in [1.82, 2.24) is 10.6 Å². The van der Waals surface area contributed by atoms with Gasteiger partial charge in [0.05, 0.1) is 0 Å². The van der Waals surface area contributed by atoms with Gasteiger partial charge in [0.25, 0.3) is 0 Å². The Morgan fingerprint density at radius 3 is 2.29 bits per heavy atom. The van der Waals surface area contributed by atoms with Gasteiger partial charge in [-0.25, -0.2) is 0 Å². The summed E-state index contributed by atoms with van der Waals surface area (Å²) >= 11 is 0. The zero-order valence-electron chi connectivity index (χ0n) is 4.73. The van der Waals surface area contributed by atoms with Gasteiger partial charge >= 0.3 is 0 Å². The SMILES string of the molecule is CNCC(O)NC. The minimum absolute atomic E-state index is 0.412. The summed E-state index contributed by atoms with van der Waals surface area (Å²) in [6, 6.07) is 0. The lowest BCUT2D eigenvalue weighted by atomic mass is 10.6. The van der Waals surface area contributed by atoms with E-state index in [0.29, 0.717) is 6.54 Å². The second kappa shape index (κ2) is 4.05. The summed E-state index contributed by atoms with van der Waals surface area (Å²) in [6.45, 7) is 0.594. The van der Waals surface area contributed by atoms with E-state index in [9.17, 15) is 0 Å². The van der Waals surface area contributed by atoms with Gasteiger partial charge in [-0.05, 0) is 14.1 Å². The molecule has 0 aromatic heterocycles. The molecule has 3 N–H and O–H groups in total. The number of aliphatic hydroxyl groups excluding tert-OH is 1. The summed E-state index contributed by atoms with van der Waals surface area (Å²) in [5, 5.41) is 14.1. The highest BCUT2D eigenvalue weighted by Gasteiger charge is 1.92. The third kappa shape index (κ3) is 3.72. The van der Waals surface area contributed by atoms with Crippen molar-refractivity contribution in [2.24, 2.45) is 0 Å². The van der Waals surface area contributed by atoms with Crippen LogP contribution in [-0.4, -0.2) is 32.0 Å². The van der Waals surface area contributed by atoms with Crippen molar-refractivity contribution in [3.63, 3.8) is 0 Å². The van der Waals surface area contributed by atoms with E-state index in [2.05, 4.69) is 10.6 Å². The molecule has 3 heteroatoms. The molecule has 0 aromatic rings. The van der Waals surface area contributed by atoms with Gasteiger partial charge < -0.3 is 10.4 Å². The number of hydrogen-bond acceptors (Lipinski definition) is 3. The quantitative estimate of drug-likeness (QED) is 0.392. The van der Waals surface area contributed by atoms with Crippen LogP contribution in [0, 0.1) is 0 Å². The summed E-state index contributed by atoms with van der Waals surface area (Å²) in [5.41, 5.74) is 0. The first-order chi connectivity index (χ1) is 3.31. The van der Waals surface area contributed by atoms with Crippen LogP contribution in [0.4, 0.5) is 0 Å². The molecule has 0 saturated heterocycles. The highest BCUT2D eigenvalue weighted by Crippen LogP contribution is 1.64. The first-order valence-corrected chi connectivity index (χ1v) is 2.31. The molecule has 0 bridgehead atoms. The van der Waals surface area contributed by atoms with Gasteiger partial charge in [-0.1, -0.05) is 0 Å². The first kappa shape index (κ1) is 6.88. The fraction of sp³-hybridized carbons (Fsp3) is 1.00. The summed E-state index contributed by atoms with van der Waals surface area (Å²) in [5.74, 6) is 0. The highest BCUT2D eigenvalue weighted by molar-refractivity contribution is 4.47. The van der Waals surface area contributed by atoms with E-state index in [4.69, 9.17) is 5.11 Å². The molecule has 0 amide bonds. The summed E-state index contributed by atoms with van der Waals surface area (Å²) in [6.07, 6.45) is -0.412. The summed E-state index contributed by atoms with van der Waals surface area (Å²) in [4.78, 5) is 0. The molecular weight excluding hydrogens is 92.1 g/mol. The standard InChI is InChI=1S/C4H12N2O/c1-5-3-4(7)6-2/h4-7H,3H2,1-2H3. The van der Waals surface area contributed by atoms with Gasteiger partial charge in [0.1, 0.15) is 6.23 Å². The second-order valence-electron chi connectivity index (χ2n) is 1.36. The van der Waals surface area contributed by atoms with Crippen molar-refractivity contribution in [3.8, 4) is 0 Å². The maximum absolute atomic E-state index is 8.68. The molecule has 0 fully saturated rings. The maximum Gasteiger partial charge on any atom is 0.117 e. The molecular formula is C4H12N2O. The third-order valence-corrected chi connectivity index (χ3v) is 0.731. The Morgan fingerprint density at radius 2 is 2.14 bits per heavy atom. The van der Waals surface area contributed by atoms with Crippen molar-refractivity contribution in [1.29, 1.82) is 0 Å². The molecule has 0 aliphatic heterocycles. The lowest BCUT2D eigenvalue weighted by molar-refractivity contribution is 0.147. The molecule has 0 radical (unpaired) electrons. The number of aliphatic hydroxyl groups is 1. The van der Waals surface area contributed by atoms with E-state index in [1.54, 1.807) is 14.1 Å². The average molecular weight is 104 g/mol. The molecule has 0 saturated carbocycles. The maximum atomic E-state index is 8.68. The van der Waals surface area contributed by atoms with Crippen LogP contribution in [0.3, 0.4) is 0 Å². The van der Waals surface area contributed by atoms with Crippen LogP contribution in [0.2, 0.25) is 0 Å². The van der Waals surface area contributed by atoms with E-state index >= 15 is 0 Å². The lowest BCUT2D eigenvalue weighted by Gasteiger charge is -2.05. The molecule has 7 heavy (non-hydrogen) atoms. The van der Waals surface area contributed by atoms with E-state index < -0.39 is 6.23 Å². The third-order valence-electron chi connectivity index (χ3n) is 0.731. The Labute approximate surface area is 43.7 Å². The predicted molar refractivity (Wildman–Crippen MR) is 29.0 cm³/mol. The second-order valence-corrected chi connectivity index (χ2v) is 1.36. The Kier molecular flexibility index (Phi) is 3.98. The fourth-order valence-electron chi connectivity index (χ4n) is 0.295. The topological polar surface area (TPSA) is 44.3 Å². The van der Waals surface area contributed by atoms with Gasteiger partial charge in [0.15, 0.2) is 0 Å². The van der Waals surface area contributed by atoms with E-state index in [-0.39, 0.29) is 0 Å². The van der Waals surface area contributed by atoms with Gasteiger partial charge in [-0.15, -0.1) is 0 Å². The first-order valence-electron chi connectivity index (χ1n) is 2.31. The van der Waals surface area contributed by atoms with Crippen molar-refractivity contribution >= 4 is 0 Å². The van der Waals surface area contributed by atoms with Gasteiger partial charge in [-0.2, -0.15) is 0 Å². The molecule has 0 aliphatic rings. The smallest absolute Gasteiger partial charge is 0.117 e. The Balaban J connectivity index is 2.83. The number of nitrogens with one attached hydrogen (secondary N) is 2. The van der Waals surface area contributed by atoms with E-state index in [1.807, 2.05) is 0 Å². The molecule has 1 atom stereocenters. The molecule has 1 unspecified atom stereocenters. The van der Waals surface area contributed by atoms with Crippen molar-refractivity contribution in [3.05, 3.63) is 0 Å². The minimum atomic E-state index is -0.412. The molecule has 3 nitrogen and oxygen atoms in total. The highest BCUT2D eigenvalue weighted by atomic mass is 16.3. The van der Waals surface area contributed by atoms with Crippen LogP contribution in [0.25, 0.3) is 0 Å². The molecule has 0 rings (SSSR count). The molecule has 0 spiro atoms. The van der Waals surface area contributed by atoms with Crippen LogP contribution in [0.1, 0.15) is 0 Å². The summed E-state index contributed by atoms with van der Waals surface area (Å²) < 4.78 is 0. The molecule has 0 heterocycles. The fourth-order valence-corrected chi connectivity index (χ4v) is 0.295. The van der Waals surface area contributed by atoms with E-state index in [0.717, 1.165) is 0 Å². The van der Waals surface area contributed by atoms with Crippen LogP contribution in [0.15, 0.2) is 0 Å². The van der Waals surface area contributed by atoms with E-state index in [1.165, 1.54) is 0 Å². The van der Waals surface area contributed by atoms with Crippen LogP contribution < -0.4 is 10.6 Å². The Hall–Kier alpha value is -0.120. The molecule has 0 aliphatic carbocycles. The van der Waals surface area contributed by atoms with Crippen molar-refractivity contribution in [2.45, 2.75) is 6.23 Å². The van der Waals surface area contributed by atoms with Crippen LogP contribution >= 0.6 is 0 Å². The number of hydrogen-bond donors (Lipinski definition) is 3. The number of likely N-dealkylation sites (N-methyl/N-ethyl adjacent to an activating group) is 2. The normalized spacial score (nSPS) is 14.1. The predicted octanol–water partition coefficient (Wildman–Crippen LogP) is -1.26. The molecule has 0 aromatic carbocycles. The minimum Gasteiger partial charge on any atom is -0.377 e. The Bertz CT molecular complexity index is 40.7. The van der Waals surface area contributed by atoms with Crippen LogP contribution in [-0.2, 0) is 0 Å². The van der Waals surface area contributed by atoms with Gasteiger partial charge in [0.2, 0.25) is 0 Å². The zero-order valence-corrected chi connectivity index (χ0v) is 4.73.